The molecule has 0 aliphatic carbocycles. The summed E-state index contributed by atoms with van der Waals surface area (Å²) < 4.78 is 3.18. The van der Waals surface area contributed by atoms with E-state index in [1.54, 1.807) is 17.7 Å². The summed E-state index contributed by atoms with van der Waals surface area (Å²) in [7, 11) is 0. The van der Waals surface area contributed by atoms with Crippen molar-refractivity contribution in [2.75, 3.05) is 6.54 Å². The average molecular weight is 343 g/mol. The van der Waals surface area contributed by atoms with Gasteiger partial charge in [0.15, 0.2) is 0 Å². The molecule has 19 heavy (non-hydrogen) atoms. The van der Waals surface area contributed by atoms with Crippen LogP contribution in [0.2, 0.25) is 0 Å². The van der Waals surface area contributed by atoms with Crippen LogP contribution in [0.4, 0.5) is 0 Å². The zero-order valence-corrected chi connectivity index (χ0v) is 13.7. The molecule has 0 aromatic carbocycles. The van der Waals surface area contributed by atoms with E-state index >= 15 is 0 Å². The van der Waals surface area contributed by atoms with E-state index in [4.69, 9.17) is 0 Å². The van der Waals surface area contributed by atoms with Gasteiger partial charge in [0, 0.05) is 18.0 Å². The molecule has 2 heterocycles. The smallest absolute Gasteiger partial charge is 0.140 e. The van der Waals surface area contributed by atoms with Crippen LogP contribution in [0.15, 0.2) is 22.2 Å². The first-order valence-electron chi connectivity index (χ1n) is 6.46. The Morgan fingerprint density at radius 2 is 2.26 bits per heavy atom. The molecule has 0 saturated carbocycles. The SMILES string of the molecule is CC(C)Cn1ncnc1CNCCc1ccc(Br)s1. The third-order valence-corrected chi connectivity index (χ3v) is 4.38. The van der Waals surface area contributed by atoms with Gasteiger partial charge in [0.25, 0.3) is 0 Å². The number of aromatic nitrogens is 3. The van der Waals surface area contributed by atoms with Crippen molar-refractivity contribution in [2.45, 2.75) is 33.4 Å². The molecular formula is C13H19BrN4S. The molecule has 0 atom stereocenters. The van der Waals surface area contributed by atoms with E-state index in [9.17, 15) is 0 Å². The lowest BCUT2D eigenvalue weighted by atomic mass is 10.2. The van der Waals surface area contributed by atoms with Gasteiger partial charge in [-0.2, -0.15) is 5.10 Å². The second kappa shape index (κ2) is 7.17. The minimum absolute atomic E-state index is 0.587. The number of nitrogens with one attached hydrogen (secondary N) is 1. The van der Waals surface area contributed by atoms with Crippen LogP contribution in [0.25, 0.3) is 0 Å². The predicted octanol–water partition coefficient (Wildman–Crippen LogP) is 3.09. The molecule has 0 aliphatic heterocycles. The Hall–Kier alpha value is -0.720. The molecular weight excluding hydrogens is 324 g/mol. The van der Waals surface area contributed by atoms with Gasteiger partial charge in [-0.3, -0.25) is 0 Å². The van der Waals surface area contributed by atoms with E-state index in [2.05, 4.69) is 57.3 Å². The highest BCUT2D eigenvalue weighted by Crippen LogP contribution is 2.22. The largest absolute Gasteiger partial charge is 0.309 e. The first-order chi connectivity index (χ1) is 9.15. The molecule has 0 fully saturated rings. The summed E-state index contributed by atoms with van der Waals surface area (Å²) in [6.07, 6.45) is 2.68. The Bertz CT molecular complexity index is 506. The third kappa shape index (κ3) is 4.71. The Labute approximate surface area is 126 Å². The van der Waals surface area contributed by atoms with Gasteiger partial charge in [-0.15, -0.1) is 11.3 Å². The average Bonchev–Trinajstić information content (AvgIpc) is 2.94. The minimum atomic E-state index is 0.587. The molecule has 0 aliphatic rings. The maximum Gasteiger partial charge on any atom is 0.140 e. The Morgan fingerprint density at radius 1 is 1.42 bits per heavy atom. The number of hydrogen-bond acceptors (Lipinski definition) is 4. The Balaban J connectivity index is 1.75. The highest BCUT2D eigenvalue weighted by atomic mass is 79.9. The fourth-order valence-electron chi connectivity index (χ4n) is 1.82. The second-order valence-corrected chi connectivity index (χ2v) is 7.43. The summed E-state index contributed by atoms with van der Waals surface area (Å²) >= 11 is 5.27. The fourth-order valence-corrected chi connectivity index (χ4v) is 3.30. The van der Waals surface area contributed by atoms with Gasteiger partial charge < -0.3 is 5.32 Å². The molecule has 2 aromatic rings. The van der Waals surface area contributed by atoms with Crippen molar-refractivity contribution in [1.29, 1.82) is 0 Å². The van der Waals surface area contributed by atoms with Gasteiger partial charge in [-0.25, -0.2) is 9.67 Å². The zero-order chi connectivity index (χ0) is 13.7. The number of rotatable bonds is 7. The lowest BCUT2D eigenvalue weighted by molar-refractivity contribution is 0.458. The van der Waals surface area contributed by atoms with E-state index in [1.807, 2.05) is 4.68 Å². The normalized spacial score (nSPS) is 11.4. The standard InChI is InChI=1S/C13H19BrN4S/c1-10(2)8-18-13(16-9-17-18)7-15-6-5-11-3-4-12(14)19-11/h3-4,9-10,15H,5-8H2,1-2H3. The highest BCUT2D eigenvalue weighted by molar-refractivity contribution is 9.11. The van der Waals surface area contributed by atoms with Crippen molar-refractivity contribution in [3.05, 3.63) is 32.9 Å². The van der Waals surface area contributed by atoms with Crippen LogP contribution in [-0.4, -0.2) is 21.3 Å². The molecule has 0 bridgehead atoms. The lowest BCUT2D eigenvalue weighted by Crippen LogP contribution is -2.20. The van der Waals surface area contributed by atoms with Gasteiger partial charge in [-0.05, 0) is 40.4 Å². The third-order valence-electron chi connectivity index (χ3n) is 2.69. The van der Waals surface area contributed by atoms with Crippen LogP contribution in [0, 0.1) is 5.92 Å². The quantitative estimate of drug-likeness (QED) is 0.786. The first-order valence-corrected chi connectivity index (χ1v) is 8.07. The second-order valence-electron chi connectivity index (χ2n) is 4.88. The molecule has 0 spiro atoms. The molecule has 0 unspecified atom stereocenters. The van der Waals surface area contributed by atoms with Crippen LogP contribution < -0.4 is 5.32 Å². The van der Waals surface area contributed by atoms with Crippen molar-refractivity contribution in [1.82, 2.24) is 20.1 Å². The van der Waals surface area contributed by atoms with Gasteiger partial charge in [-0.1, -0.05) is 13.8 Å². The number of nitrogens with zero attached hydrogens (tertiary/aromatic N) is 3. The Morgan fingerprint density at radius 3 is 2.95 bits per heavy atom. The van der Waals surface area contributed by atoms with Gasteiger partial charge in [0.2, 0.25) is 0 Å². The van der Waals surface area contributed by atoms with E-state index in [-0.39, 0.29) is 0 Å². The maximum absolute atomic E-state index is 4.30. The maximum atomic E-state index is 4.30. The molecule has 0 radical (unpaired) electrons. The fraction of sp³-hybridized carbons (Fsp3) is 0.538. The van der Waals surface area contributed by atoms with E-state index in [0.717, 1.165) is 31.9 Å². The van der Waals surface area contributed by atoms with Crippen molar-refractivity contribution < 1.29 is 0 Å². The summed E-state index contributed by atoms with van der Waals surface area (Å²) in [6.45, 7) is 7.04. The molecule has 0 saturated heterocycles. The Kier molecular flexibility index (Phi) is 5.54. The van der Waals surface area contributed by atoms with E-state index in [0.29, 0.717) is 5.92 Å². The number of hydrogen-bond donors (Lipinski definition) is 1. The van der Waals surface area contributed by atoms with Crippen LogP contribution in [0.5, 0.6) is 0 Å². The van der Waals surface area contributed by atoms with Gasteiger partial charge in [0.05, 0.1) is 10.3 Å². The summed E-state index contributed by atoms with van der Waals surface area (Å²) in [5, 5.41) is 7.69. The molecule has 4 nitrogen and oxygen atoms in total. The van der Waals surface area contributed by atoms with Crippen LogP contribution >= 0.6 is 27.3 Å². The topological polar surface area (TPSA) is 42.7 Å². The van der Waals surface area contributed by atoms with Crippen molar-refractivity contribution in [3.63, 3.8) is 0 Å². The predicted molar refractivity (Wildman–Crippen MR) is 82.3 cm³/mol. The van der Waals surface area contributed by atoms with Crippen LogP contribution in [-0.2, 0) is 19.5 Å². The summed E-state index contributed by atoms with van der Waals surface area (Å²) in [5.74, 6) is 1.60. The van der Waals surface area contributed by atoms with E-state index in [1.165, 1.54) is 8.66 Å². The van der Waals surface area contributed by atoms with Crippen LogP contribution in [0.3, 0.4) is 0 Å². The van der Waals surface area contributed by atoms with Crippen molar-refractivity contribution >= 4 is 27.3 Å². The van der Waals surface area contributed by atoms with Gasteiger partial charge >= 0.3 is 0 Å². The minimum Gasteiger partial charge on any atom is -0.309 e. The van der Waals surface area contributed by atoms with Gasteiger partial charge in [0.1, 0.15) is 12.2 Å². The summed E-state index contributed by atoms with van der Waals surface area (Å²) in [5.41, 5.74) is 0. The molecule has 2 rings (SSSR count). The first kappa shape index (κ1) is 14.7. The number of thiophene rings is 1. The molecule has 104 valence electrons. The molecule has 0 amide bonds. The van der Waals surface area contributed by atoms with E-state index < -0.39 is 0 Å². The molecule has 1 N–H and O–H groups in total. The highest BCUT2D eigenvalue weighted by Gasteiger charge is 2.05. The lowest BCUT2D eigenvalue weighted by Gasteiger charge is -2.09. The number of halogens is 1. The monoisotopic (exact) mass is 342 g/mol. The zero-order valence-electron chi connectivity index (χ0n) is 11.3. The van der Waals surface area contributed by atoms with Crippen molar-refractivity contribution in [3.8, 4) is 0 Å². The summed E-state index contributed by atoms with van der Waals surface area (Å²) in [6, 6.07) is 4.26. The van der Waals surface area contributed by atoms with Crippen LogP contribution in [0.1, 0.15) is 24.5 Å². The molecule has 2 aromatic heterocycles. The molecule has 6 heteroatoms. The summed E-state index contributed by atoms with van der Waals surface area (Å²) in [4.78, 5) is 5.69. The van der Waals surface area contributed by atoms with Crippen molar-refractivity contribution in [2.24, 2.45) is 5.92 Å².